The highest BCUT2D eigenvalue weighted by Crippen LogP contribution is 2.16. The SMILES string of the molecule is Cc1nc(NCCCc2cccc(O)c2)nc(C)c1C(=O)N[C@@H](CNC(=O)c1cccc(OCCCN)c1)C(=O)O. The summed E-state index contributed by atoms with van der Waals surface area (Å²) in [6.07, 6.45) is 2.19. The minimum Gasteiger partial charge on any atom is -0.508 e. The van der Waals surface area contributed by atoms with Crippen molar-refractivity contribution in [3.05, 3.63) is 76.6 Å². The van der Waals surface area contributed by atoms with E-state index < -0.39 is 23.8 Å². The monoisotopic (exact) mass is 564 g/mol. The third-order valence-corrected chi connectivity index (χ3v) is 6.12. The molecule has 12 heteroatoms. The average Bonchev–Trinajstić information content (AvgIpc) is 2.93. The lowest BCUT2D eigenvalue weighted by Crippen LogP contribution is -2.48. The summed E-state index contributed by atoms with van der Waals surface area (Å²) in [5.41, 5.74) is 7.68. The summed E-state index contributed by atoms with van der Waals surface area (Å²) < 4.78 is 5.55. The van der Waals surface area contributed by atoms with Crippen LogP contribution >= 0.6 is 0 Å². The second-order valence-corrected chi connectivity index (χ2v) is 9.39. The van der Waals surface area contributed by atoms with Gasteiger partial charge < -0.3 is 36.6 Å². The Morgan fingerprint density at radius 3 is 2.41 bits per heavy atom. The van der Waals surface area contributed by atoms with Gasteiger partial charge in [-0.15, -0.1) is 0 Å². The summed E-state index contributed by atoms with van der Waals surface area (Å²) >= 11 is 0. The first-order chi connectivity index (χ1) is 19.7. The van der Waals surface area contributed by atoms with Gasteiger partial charge in [-0.05, 0) is 75.5 Å². The van der Waals surface area contributed by atoms with Gasteiger partial charge in [0.1, 0.15) is 17.5 Å². The van der Waals surface area contributed by atoms with E-state index in [0.29, 0.717) is 49.2 Å². The number of benzene rings is 2. The van der Waals surface area contributed by atoms with Gasteiger partial charge in [0.2, 0.25) is 5.95 Å². The fourth-order valence-electron chi connectivity index (χ4n) is 4.06. The summed E-state index contributed by atoms with van der Waals surface area (Å²) in [4.78, 5) is 46.2. The van der Waals surface area contributed by atoms with Gasteiger partial charge in [0.05, 0.1) is 23.6 Å². The van der Waals surface area contributed by atoms with Crippen LogP contribution in [0, 0.1) is 13.8 Å². The van der Waals surface area contributed by atoms with E-state index in [4.69, 9.17) is 10.5 Å². The molecule has 1 aromatic heterocycles. The van der Waals surface area contributed by atoms with Crippen molar-refractivity contribution in [2.45, 2.75) is 39.2 Å². The molecule has 2 amide bonds. The van der Waals surface area contributed by atoms with Crippen LogP contribution < -0.4 is 26.4 Å². The number of aromatic nitrogens is 2. The van der Waals surface area contributed by atoms with Gasteiger partial charge in [0, 0.05) is 18.7 Å². The number of phenols is 1. The number of anilines is 1. The zero-order valence-corrected chi connectivity index (χ0v) is 23.1. The number of rotatable bonds is 15. The molecule has 3 aromatic rings. The Hall–Kier alpha value is -4.71. The number of hydrogen-bond acceptors (Lipinski definition) is 9. The van der Waals surface area contributed by atoms with E-state index in [0.717, 1.165) is 18.4 Å². The van der Waals surface area contributed by atoms with Crippen LogP contribution in [0.2, 0.25) is 0 Å². The number of amides is 2. The molecule has 218 valence electrons. The molecule has 0 aliphatic heterocycles. The normalized spacial score (nSPS) is 11.4. The molecule has 0 spiro atoms. The van der Waals surface area contributed by atoms with E-state index in [1.54, 1.807) is 56.3 Å². The minimum atomic E-state index is -1.38. The molecule has 0 unspecified atom stereocenters. The van der Waals surface area contributed by atoms with Crippen molar-refractivity contribution in [1.29, 1.82) is 0 Å². The van der Waals surface area contributed by atoms with E-state index in [9.17, 15) is 24.6 Å². The van der Waals surface area contributed by atoms with Crippen molar-refractivity contribution in [3.8, 4) is 11.5 Å². The van der Waals surface area contributed by atoms with Crippen molar-refractivity contribution >= 4 is 23.7 Å². The number of aromatic hydroxyl groups is 1. The first kappa shape index (κ1) is 30.8. The molecule has 12 nitrogen and oxygen atoms in total. The molecule has 0 aliphatic rings. The Labute approximate surface area is 238 Å². The Morgan fingerprint density at radius 2 is 1.73 bits per heavy atom. The summed E-state index contributed by atoms with van der Waals surface area (Å²) in [6, 6.07) is 12.2. The largest absolute Gasteiger partial charge is 0.508 e. The quantitative estimate of drug-likeness (QED) is 0.149. The predicted molar refractivity (Wildman–Crippen MR) is 153 cm³/mol. The van der Waals surface area contributed by atoms with Gasteiger partial charge >= 0.3 is 5.97 Å². The number of aryl methyl sites for hydroxylation is 3. The topological polar surface area (TPSA) is 189 Å². The predicted octanol–water partition coefficient (Wildman–Crippen LogP) is 2.18. The summed E-state index contributed by atoms with van der Waals surface area (Å²) in [6.45, 7) is 4.41. The Bertz CT molecular complexity index is 1340. The number of nitrogens with two attached hydrogens (primary N) is 1. The highest BCUT2D eigenvalue weighted by atomic mass is 16.5. The second-order valence-electron chi connectivity index (χ2n) is 9.39. The van der Waals surface area contributed by atoms with E-state index in [1.165, 1.54) is 0 Å². The molecular weight excluding hydrogens is 528 g/mol. The molecule has 0 saturated carbocycles. The van der Waals surface area contributed by atoms with Crippen LogP contribution in [0.25, 0.3) is 0 Å². The zero-order chi connectivity index (χ0) is 29.8. The third kappa shape index (κ3) is 9.46. The van der Waals surface area contributed by atoms with Crippen LogP contribution in [0.5, 0.6) is 11.5 Å². The molecule has 1 atom stereocenters. The molecule has 2 aromatic carbocycles. The van der Waals surface area contributed by atoms with E-state index >= 15 is 0 Å². The number of aliphatic carboxylic acids is 1. The number of ether oxygens (including phenoxy) is 1. The van der Waals surface area contributed by atoms with Crippen molar-refractivity contribution in [1.82, 2.24) is 20.6 Å². The third-order valence-electron chi connectivity index (χ3n) is 6.12. The Balaban J connectivity index is 1.56. The van der Waals surface area contributed by atoms with E-state index in [1.807, 2.05) is 6.07 Å². The van der Waals surface area contributed by atoms with Crippen molar-refractivity contribution in [3.63, 3.8) is 0 Å². The number of phenolic OH excluding ortho intramolecular Hbond substituents is 1. The standard InChI is InChI=1S/C29H36N6O6/c1-18-25(19(2)34-29(33-18)31-13-5-8-20-7-3-10-22(36)15-20)27(38)35-24(28(39)40)17-32-26(37)21-9-4-11-23(16-21)41-14-6-12-30/h3-4,7,9-11,15-16,24,36H,5-6,8,12-14,17,30H2,1-2H3,(H,32,37)(H,35,38)(H,39,40)(H,31,33,34)/t24-/m0/s1. The fraction of sp³-hybridized carbons (Fsp3) is 0.345. The van der Waals surface area contributed by atoms with Gasteiger partial charge in [-0.3, -0.25) is 9.59 Å². The molecule has 1 heterocycles. The number of carboxylic acid groups (broad SMARTS) is 1. The van der Waals surface area contributed by atoms with Crippen LogP contribution in [0.4, 0.5) is 5.95 Å². The van der Waals surface area contributed by atoms with Crippen LogP contribution in [0.3, 0.4) is 0 Å². The lowest BCUT2D eigenvalue weighted by atomic mass is 10.1. The Morgan fingerprint density at radius 1 is 1.00 bits per heavy atom. The van der Waals surface area contributed by atoms with Gasteiger partial charge in [0.15, 0.2) is 0 Å². The maximum Gasteiger partial charge on any atom is 0.328 e. The van der Waals surface area contributed by atoms with Crippen molar-refractivity contribution < 1.29 is 29.3 Å². The van der Waals surface area contributed by atoms with Crippen LogP contribution in [-0.2, 0) is 11.2 Å². The van der Waals surface area contributed by atoms with Gasteiger partial charge in [-0.25, -0.2) is 14.8 Å². The first-order valence-electron chi connectivity index (χ1n) is 13.3. The Kier molecular flexibility index (Phi) is 11.4. The molecule has 0 bridgehead atoms. The number of nitrogens with zero attached hydrogens (tertiary/aromatic N) is 2. The summed E-state index contributed by atoms with van der Waals surface area (Å²) in [7, 11) is 0. The molecule has 0 aliphatic carbocycles. The van der Waals surface area contributed by atoms with E-state index in [-0.39, 0.29) is 23.4 Å². The highest BCUT2D eigenvalue weighted by molar-refractivity contribution is 5.99. The van der Waals surface area contributed by atoms with Crippen molar-refractivity contribution in [2.75, 3.05) is 31.6 Å². The van der Waals surface area contributed by atoms with Gasteiger partial charge in [-0.1, -0.05) is 18.2 Å². The van der Waals surface area contributed by atoms with Gasteiger partial charge in [-0.2, -0.15) is 0 Å². The first-order valence-corrected chi connectivity index (χ1v) is 13.3. The molecule has 3 rings (SSSR count). The lowest BCUT2D eigenvalue weighted by molar-refractivity contribution is -0.139. The zero-order valence-electron chi connectivity index (χ0n) is 23.1. The number of nitrogens with one attached hydrogen (secondary N) is 3. The van der Waals surface area contributed by atoms with Crippen LogP contribution in [0.1, 0.15) is 50.5 Å². The molecule has 0 fully saturated rings. The molecule has 41 heavy (non-hydrogen) atoms. The maximum atomic E-state index is 13.0. The molecular formula is C29H36N6O6. The highest BCUT2D eigenvalue weighted by Gasteiger charge is 2.24. The van der Waals surface area contributed by atoms with Gasteiger partial charge in [0.25, 0.3) is 11.8 Å². The molecule has 0 saturated heterocycles. The van der Waals surface area contributed by atoms with E-state index in [2.05, 4.69) is 25.9 Å². The van der Waals surface area contributed by atoms with Crippen molar-refractivity contribution in [2.24, 2.45) is 5.73 Å². The summed E-state index contributed by atoms with van der Waals surface area (Å²) in [5.74, 6) is -1.41. The number of hydrogen-bond donors (Lipinski definition) is 6. The smallest absolute Gasteiger partial charge is 0.328 e. The number of carboxylic acids is 1. The maximum absolute atomic E-state index is 13.0. The lowest BCUT2D eigenvalue weighted by Gasteiger charge is -2.17. The fourth-order valence-corrected chi connectivity index (χ4v) is 4.06. The van der Waals surface area contributed by atoms with Crippen LogP contribution in [-0.4, -0.2) is 70.2 Å². The average molecular weight is 565 g/mol. The van der Waals surface area contributed by atoms with Crippen LogP contribution in [0.15, 0.2) is 48.5 Å². The minimum absolute atomic E-state index is 0.162. The number of carbonyl (C=O) groups is 3. The number of carbonyl (C=O) groups excluding carboxylic acids is 2. The summed E-state index contributed by atoms with van der Waals surface area (Å²) in [5, 5.41) is 27.4. The molecule has 0 radical (unpaired) electrons. The molecule has 7 N–H and O–H groups in total. The second kappa shape index (κ2) is 15.2.